The van der Waals surface area contributed by atoms with Crippen LogP contribution in [0.15, 0.2) is 53.6 Å². The SMILES string of the molecule is Cn1c(=O)c(CCC(=O)NCc2cccnc2)nc2ccccc21. The van der Waals surface area contributed by atoms with Crippen molar-refractivity contribution in [3.8, 4) is 0 Å². The molecule has 0 saturated heterocycles. The number of carbonyl (C=O) groups is 1. The molecule has 6 nitrogen and oxygen atoms in total. The van der Waals surface area contributed by atoms with Crippen LogP contribution in [0.2, 0.25) is 0 Å². The third-order valence-electron chi connectivity index (χ3n) is 3.85. The lowest BCUT2D eigenvalue weighted by molar-refractivity contribution is -0.121. The van der Waals surface area contributed by atoms with Gasteiger partial charge in [0.2, 0.25) is 5.91 Å². The number of amides is 1. The molecular weight excluding hydrogens is 304 g/mol. The number of pyridine rings is 1. The summed E-state index contributed by atoms with van der Waals surface area (Å²) < 4.78 is 1.57. The maximum Gasteiger partial charge on any atom is 0.272 e. The number of aryl methyl sites for hydroxylation is 2. The van der Waals surface area contributed by atoms with Gasteiger partial charge in [-0.05, 0) is 23.8 Å². The van der Waals surface area contributed by atoms with Crippen LogP contribution in [-0.2, 0) is 24.8 Å². The van der Waals surface area contributed by atoms with E-state index < -0.39 is 0 Å². The van der Waals surface area contributed by atoms with Crippen molar-refractivity contribution in [2.45, 2.75) is 19.4 Å². The van der Waals surface area contributed by atoms with Gasteiger partial charge in [-0.15, -0.1) is 0 Å². The maximum absolute atomic E-state index is 12.3. The van der Waals surface area contributed by atoms with Gasteiger partial charge in [-0.3, -0.25) is 14.6 Å². The van der Waals surface area contributed by atoms with Crippen molar-refractivity contribution >= 4 is 16.9 Å². The van der Waals surface area contributed by atoms with Crippen molar-refractivity contribution in [2.75, 3.05) is 0 Å². The molecule has 1 N–H and O–H groups in total. The molecule has 0 aliphatic rings. The standard InChI is InChI=1S/C18H18N4O2/c1-22-16-7-3-2-6-14(16)21-15(18(22)24)8-9-17(23)20-12-13-5-4-10-19-11-13/h2-7,10-11H,8-9,12H2,1H3,(H,20,23). The first-order valence-corrected chi connectivity index (χ1v) is 7.75. The third-order valence-corrected chi connectivity index (χ3v) is 3.85. The van der Waals surface area contributed by atoms with Crippen LogP contribution in [0.3, 0.4) is 0 Å². The molecule has 0 aliphatic heterocycles. The molecule has 3 rings (SSSR count). The van der Waals surface area contributed by atoms with Crippen molar-refractivity contribution in [1.82, 2.24) is 19.9 Å². The Hall–Kier alpha value is -3.02. The second-order valence-corrected chi connectivity index (χ2v) is 5.55. The van der Waals surface area contributed by atoms with E-state index in [0.717, 1.165) is 16.6 Å². The maximum atomic E-state index is 12.3. The summed E-state index contributed by atoms with van der Waals surface area (Å²) >= 11 is 0. The smallest absolute Gasteiger partial charge is 0.272 e. The lowest BCUT2D eigenvalue weighted by Crippen LogP contribution is -2.27. The molecule has 6 heteroatoms. The summed E-state index contributed by atoms with van der Waals surface area (Å²) in [5.74, 6) is -0.115. The second kappa shape index (κ2) is 7.04. The molecular formula is C18H18N4O2. The molecule has 0 bridgehead atoms. The number of nitrogens with one attached hydrogen (secondary N) is 1. The molecule has 0 fully saturated rings. The first-order chi connectivity index (χ1) is 11.6. The highest BCUT2D eigenvalue weighted by Crippen LogP contribution is 2.09. The molecule has 0 atom stereocenters. The van der Waals surface area contributed by atoms with Gasteiger partial charge in [0.25, 0.3) is 5.56 Å². The van der Waals surface area contributed by atoms with Crippen LogP contribution < -0.4 is 10.9 Å². The van der Waals surface area contributed by atoms with Crippen LogP contribution in [0.5, 0.6) is 0 Å². The highest BCUT2D eigenvalue weighted by Gasteiger charge is 2.10. The lowest BCUT2D eigenvalue weighted by Gasteiger charge is -2.08. The van der Waals surface area contributed by atoms with Gasteiger partial charge in [-0.25, -0.2) is 4.98 Å². The molecule has 0 unspecified atom stereocenters. The third kappa shape index (κ3) is 3.48. The number of fused-ring (bicyclic) bond motifs is 1. The molecule has 2 aromatic heterocycles. The summed E-state index contributed by atoms with van der Waals surface area (Å²) in [7, 11) is 1.72. The Bertz CT molecular complexity index is 919. The molecule has 2 heterocycles. The van der Waals surface area contributed by atoms with Crippen molar-refractivity contribution in [3.05, 3.63) is 70.4 Å². The molecule has 3 aromatic rings. The fourth-order valence-electron chi connectivity index (χ4n) is 2.53. The van der Waals surface area contributed by atoms with Crippen LogP contribution in [0.25, 0.3) is 11.0 Å². The zero-order valence-corrected chi connectivity index (χ0v) is 13.4. The van der Waals surface area contributed by atoms with Gasteiger partial charge in [0, 0.05) is 38.8 Å². The van der Waals surface area contributed by atoms with Crippen molar-refractivity contribution in [3.63, 3.8) is 0 Å². The Balaban J connectivity index is 1.66. The van der Waals surface area contributed by atoms with E-state index >= 15 is 0 Å². The zero-order chi connectivity index (χ0) is 16.9. The van der Waals surface area contributed by atoms with Gasteiger partial charge in [0.1, 0.15) is 5.69 Å². The zero-order valence-electron chi connectivity index (χ0n) is 13.4. The average molecular weight is 322 g/mol. The van der Waals surface area contributed by atoms with Crippen LogP contribution in [0, 0.1) is 0 Å². The van der Waals surface area contributed by atoms with Crippen LogP contribution in [-0.4, -0.2) is 20.4 Å². The largest absolute Gasteiger partial charge is 0.352 e. The Morgan fingerprint density at radius 1 is 1.21 bits per heavy atom. The molecule has 0 saturated carbocycles. The molecule has 1 aromatic carbocycles. The van der Waals surface area contributed by atoms with E-state index in [2.05, 4.69) is 15.3 Å². The first-order valence-electron chi connectivity index (χ1n) is 7.75. The predicted octanol–water partition coefficient (Wildman–Crippen LogP) is 1.58. The fraction of sp³-hybridized carbons (Fsp3) is 0.222. The molecule has 0 spiro atoms. The van der Waals surface area contributed by atoms with Crippen molar-refractivity contribution < 1.29 is 4.79 Å². The summed E-state index contributed by atoms with van der Waals surface area (Å²) in [6, 6.07) is 11.2. The molecule has 1 amide bonds. The monoisotopic (exact) mass is 322 g/mol. The highest BCUT2D eigenvalue weighted by atomic mass is 16.1. The van der Waals surface area contributed by atoms with E-state index in [1.165, 1.54) is 0 Å². The van der Waals surface area contributed by atoms with E-state index in [1.807, 2.05) is 36.4 Å². The summed E-state index contributed by atoms with van der Waals surface area (Å²) in [4.78, 5) is 32.7. The number of nitrogens with zero attached hydrogens (tertiary/aromatic N) is 3. The molecule has 122 valence electrons. The summed E-state index contributed by atoms with van der Waals surface area (Å²) in [6.07, 6.45) is 3.94. The molecule has 0 radical (unpaired) electrons. The van der Waals surface area contributed by atoms with E-state index in [1.54, 1.807) is 24.0 Å². The van der Waals surface area contributed by atoms with Gasteiger partial charge < -0.3 is 9.88 Å². The van der Waals surface area contributed by atoms with E-state index in [0.29, 0.717) is 18.7 Å². The fourth-order valence-corrected chi connectivity index (χ4v) is 2.53. The van der Waals surface area contributed by atoms with Gasteiger partial charge in [-0.2, -0.15) is 0 Å². The van der Waals surface area contributed by atoms with Gasteiger partial charge >= 0.3 is 0 Å². The number of para-hydroxylation sites is 2. The van der Waals surface area contributed by atoms with Gasteiger partial charge in [-0.1, -0.05) is 18.2 Å². The quantitative estimate of drug-likeness (QED) is 0.774. The Kier molecular flexibility index (Phi) is 4.65. The lowest BCUT2D eigenvalue weighted by atomic mass is 10.2. The summed E-state index contributed by atoms with van der Waals surface area (Å²) in [5, 5.41) is 2.82. The highest BCUT2D eigenvalue weighted by molar-refractivity contribution is 5.76. The van der Waals surface area contributed by atoms with Crippen LogP contribution in [0.1, 0.15) is 17.7 Å². The second-order valence-electron chi connectivity index (χ2n) is 5.55. The van der Waals surface area contributed by atoms with Crippen LogP contribution >= 0.6 is 0 Å². The van der Waals surface area contributed by atoms with Gasteiger partial charge in [0.15, 0.2) is 0 Å². The first kappa shape index (κ1) is 15.9. The Labute approximate surface area is 139 Å². The molecule has 0 aliphatic carbocycles. The van der Waals surface area contributed by atoms with Crippen LogP contribution in [0.4, 0.5) is 0 Å². The summed E-state index contributed by atoms with van der Waals surface area (Å²) in [5.41, 5.74) is 2.73. The number of benzene rings is 1. The Morgan fingerprint density at radius 2 is 2.04 bits per heavy atom. The number of aromatic nitrogens is 3. The molecule has 24 heavy (non-hydrogen) atoms. The minimum absolute atomic E-state index is 0.115. The topological polar surface area (TPSA) is 76.9 Å². The minimum Gasteiger partial charge on any atom is -0.352 e. The predicted molar refractivity (Wildman–Crippen MR) is 91.4 cm³/mol. The van der Waals surface area contributed by atoms with Crippen molar-refractivity contribution in [2.24, 2.45) is 7.05 Å². The van der Waals surface area contributed by atoms with E-state index in [9.17, 15) is 9.59 Å². The number of hydrogen-bond acceptors (Lipinski definition) is 4. The van der Waals surface area contributed by atoms with E-state index in [-0.39, 0.29) is 17.9 Å². The normalized spacial score (nSPS) is 10.7. The number of hydrogen-bond donors (Lipinski definition) is 1. The number of rotatable bonds is 5. The average Bonchev–Trinajstić information content (AvgIpc) is 2.62. The summed E-state index contributed by atoms with van der Waals surface area (Å²) in [6.45, 7) is 0.426. The minimum atomic E-state index is -0.159. The Morgan fingerprint density at radius 3 is 2.83 bits per heavy atom. The number of carbonyl (C=O) groups excluding carboxylic acids is 1. The van der Waals surface area contributed by atoms with Crippen molar-refractivity contribution in [1.29, 1.82) is 0 Å². The van der Waals surface area contributed by atoms with Gasteiger partial charge in [0.05, 0.1) is 11.0 Å². The van der Waals surface area contributed by atoms with E-state index in [4.69, 9.17) is 0 Å².